The summed E-state index contributed by atoms with van der Waals surface area (Å²) in [5.41, 5.74) is 8.48. The molecule has 11 nitrogen and oxygen atoms in total. The highest BCUT2D eigenvalue weighted by atomic mass is 32.1. The van der Waals surface area contributed by atoms with Gasteiger partial charge in [-0.15, -0.1) is 11.3 Å². The van der Waals surface area contributed by atoms with Crippen molar-refractivity contribution in [1.29, 1.82) is 0 Å². The second-order valence-corrected chi connectivity index (χ2v) is 9.37. The van der Waals surface area contributed by atoms with E-state index < -0.39 is 15.6 Å². The Morgan fingerprint density at radius 1 is 1.33 bits per heavy atom. The Hall–Kier alpha value is -1.36. The summed E-state index contributed by atoms with van der Waals surface area (Å²) in [5.74, 6) is 1.15. The van der Waals surface area contributed by atoms with Crippen LogP contribution < -0.4 is 16.0 Å². The van der Waals surface area contributed by atoms with Crippen LogP contribution >= 0.6 is 27.0 Å². The minimum Gasteiger partial charge on any atom is -0.380 e. The standard InChI is InChI=1S/C13H20N4O7P2S/c1-8-11(16-6-10-5-15-9(2)17-13(10)14)7-27-12(8)3-4-23-26(21,22)24-25(18,19)20/h5,7,16H,3-4,6H2,1-2H3,(H,21,22)(H2,14,15,17)(H2,18,19,20)/p+1. The van der Waals surface area contributed by atoms with Crippen LogP contribution in [0.1, 0.15) is 21.8 Å². The van der Waals surface area contributed by atoms with Crippen LogP contribution in [-0.4, -0.2) is 26.3 Å². The van der Waals surface area contributed by atoms with Crippen molar-refractivity contribution in [3.63, 3.8) is 0 Å². The molecule has 0 spiro atoms. The molecule has 1 atom stereocenters. The molecule has 0 aromatic carbocycles. The van der Waals surface area contributed by atoms with Gasteiger partial charge in [0.05, 0.1) is 18.4 Å². The first kappa shape index (κ1) is 21.9. The van der Waals surface area contributed by atoms with Crippen molar-refractivity contribution in [2.45, 2.75) is 26.8 Å². The van der Waals surface area contributed by atoms with Gasteiger partial charge in [0.25, 0.3) is 5.82 Å². The molecule has 2 aromatic rings. The summed E-state index contributed by atoms with van der Waals surface area (Å²) in [5, 5.41) is 5.13. The number of aromatic amines is 1. The van der Waals surface area contributed by atoms with E-state index in [2.05, 4.69) is 24.1 Å². The van der Waals surface area contributed by atoms with Crippen LogP contribution in [0.2, 0.25) is 0 Å². The third-order valence-corrected chi connectivity index (χ3v) is 6.81. The van der Waals surface area contributed by atoms with Gasteiger partial charge in [0.15, 0.2) is 0 Å². The third-order valence-electron chi connectivity index (χ3n) is 3.48. The highest BCUT2D eigenvalue weighted by Crippen LogP contribution is 2.57. The zero-order valence-electron chi connectivity index (χ0n) is 14.6. The van der Waals surface area contributed by atoms with Crippen molar-refractivity contribution in [2.75, 3.05) is 17.7 Å². The normalized spacial score (nSPS) is 14.1. The fourth-order valence-corrected chi connectivity index (χ4v) is 4.77. The van der Waals surface area contributed by atoms with Gasteiger partial charge in [0.2, 0.25) is 5.82 Å². The lowest BCUT2D eigenvalue weighted by Gasteiger charge is -2.12. The zero-order chi connectivity index (χ0) is 20.2. The van der Waals surface area contributed by atoms with Crippen molar-refractivity contribution in [3.8, 4) is 0 Å². The van der Waals surface area contributed by atoms with Gasteiger partial charge in [-0.25, -0.2) is 14.1 Å². The summed E-state index contributed by atoms with van der Waals surface area (Å²) < 4.78 is 30.3. The number of phosphoric acid groups is 2. The number of nitrogens with zero attached hydrogens (tertiary/aromatic N) is 1. The number of hydrogen-bond acceptors (Lipinski definition) is 8. The van der Waals surface area contributed by atoms with Gasteiger partial charge in [-0.1, -0.05) is 0 Å². The first-order valence-electron chi connectivity index (χ1n) is 7.65. The molecule has 7 N–H and O–H groups in total. The number of nitrogens with one attached hydrogen (secondary N) is 2. The highest BCUT2D eigenvalue weighted by Gasteiger charge is 2.32. The van der Waals surface area contributed by atoms with Crippen molar-refractivity contribution >= 4 is 38.5 Å². The second-order valence-electron chi connectivity index (χ2n) is 5.57. The molecule has 0 radical (unpaired) electrons. The maximum absolute atomic E-state index is 11.4. The van der Waals surface area contributed by atoms with Crippen molar-refractivity contribution < 1.29 is 37.6 Å². The highest BCUT2D eigenvalue weighted by molar-refractivity contribution is 7.60. The average Bonchev–Trinajstić information content (AvgIpc) is 2.85. The van der Waals surface area contributed by atoms with E-state index in [1.54, 1.807) is 13.1 Å². The largest absolute Gasteiger partial charge is 0.481 e. The molecule has 27 heavy (non-hydrogen) atoms. The first-order chi connectivity index (χ1) is 12.5. The maximum atomic E-state index is 11.4. The number of aromatic nitrogens is 2. The Labute approximate surface area is 159 Å². The van der Waals surface area contributed by atoms with Crippen LogP contribution in [0.25, 0.3) is 0 Å². The van der Waals surface area contributed by atoms with Crippen LogP contribution in [0.3, 0.4) is 0 Å². The Morgan fingerprint density at radius 2 is 2.04 bits per heavy atom. The number of rotatable bonds is 9. The lowest BCUT2D eigenvalue weighted by Crippen LogP contribution is -2.15. The second kappa shape index (κ2) is 8.76. The molecule has 0 saturated carbocycles. The predicted molar refractivity (Wildman–Crippen MR) is 98.9 cm³/mol. The molecule has 0 aliphatic carbocycles. The fraction of sp³-hybridized carbons (Fsp3) is 0.385. The molecule has 2 rings (SSSR count). The summed E-state index contributed by atoms with van der Waals surface area (Å²) in [6.45, 7) is 3.91. The molecule has 0 fully saturated rings. The predicted octanol–water partition coefficient (Wildman–Crippen LogP) is 1.54. The van der Waals surface area contributed by atoms with Crippen LogP contribution in [0, 0.1) is 13.8 Å². The van der Waals surface area contributed by atoms with E-state index in [0.29, 0.717) is 18.2 Å². The lowest BCUT2D eigenvalue weighted by atomic mass is 10.2. The summed E-state index contributed by atoms with van der Waals surface area (Å²) in [4.78, 5) is 34.4. The van der Waals surface area contributed by atoms with Gasteiger partial charge in [0, 0.05) is 35.8 Å². The van der Waals surface area contributed by atoms with Gasteiger partial charge in [-0.05, 0) is 17.5 Å². The number of hydrogen-bond donors (Lipinski definition) is 5. The van der Waals surface area contributed by atoms with E-state index >= 15 is 0 Å². The smallest absolute Gasteiger partial charge is 0.380 e. The average molecular weight is 439 g/mol. The number of aryl methyl sites for hydroxylation is 1. The number of nitrogen functional groups attached to an aromatic ring is 1. The maximum Gasteiger partial charge on any atom is 0.481 e. The summed E-state index contributed by atoms with van der Waals surface area (Å²) in [6, 6.07) is 0. The SMILES string of the molecule is Cc1nc(N)c(CNc2csc(CCOP(=O)(O)OP(=O)(O)O)c2C)c[nH+]1. The van der Waals surface area contributed by atoms with Gasteiger partial charge in [-0.2, -0.15) is 4.31 Å². The van der Waals surface area contributed by atoms with Crippen molar-refractivity contribution in [2.24, 2.45) is 0 Å². The quantitative estimate of drug-likeness (QED) is 0.360. The zero-order valence-corrected chi connectivity index (χ0v) is 17.2. The molecule has 1 unspecified atom stereocenters. The minimum absolute atomic E-state index is 0.238. The number of H-pyrrole nitrogens is 1. The molecule has 0 aliphatic heterocycles. The van der Waals surface area contributed by atoms with E-state index in [1.807, 2.05) is 12.3 Å². The van der Waals surface area contributed by atoms with E-state index in [1.165, 1.54) is 11.3 Å². The van der Waals surface area contributed by atoms with Crippen LogP contribution in [0.5, 0.6) is 0 Å². The molecular weight excluding hydrogens is 418 g/mol. The van der Waals surface area contributed by atoms with E-state index in [-0.39, 0.29) is 13.0 Å². The Morgan fingerprint density at radius 3 is 2.67 bits per heavy atom. The molecule has 0 aliphatic rings. The van der Waals surface area contributed by atoms with Crippen molar-refractivity contribution in [1.82, 2.24) is 4.98 Å². The molecule has 14 heteroatoms. The van der Waals surface area contributed by atoms with Gasteiger partial charge in [-0.3, -0.25) is 4.52 Å². The van der Waals surface area contributed by atoms with Crippen LogP contribution in [0.4, 0.5) is 11.5 Å². The summed E-state index contributed by atoms with van der Waals surface area (Å²) in [6.07, 6.45) is 2.05. The minimum atomic E-state index is -5.11. The topological polar surface area (TPSA) is 178 Å². The summed E-state index contributed by atoms with van der Waals surface area (Å²) >= 11 is 1.42. The molecule has 0 saturated heterocycles. The Balaban J connectivity index is 1.91. The molecule has 0 bridgehead atoms. The summed E-state index contributed by atoms with van der Waals surface area (Å²) in [7, 11) is -9.93. The van der Waals surface area contributed by atoms with Crippen LogP contribution in [-0.2, 0) is 30.9 Å². The number of phosphoric ester groups is 1. The molecule has 2 heterocycles. The van der Waals surface area contributed by atoms with Crippen LogP contribution in [0.15, 0.2) is 11.6 Å². The van der Waals surface area contributed by atoms with Crippen molar-refractivity contribution in [3.05, 3.63) is 33.4 Å². The number of thiophene rings is 1. The van der Waals surface area contributed by atoms with E-state index in [4.69, 9.17) is 15.5 Å². The van der Waals surface area contributed by atoms with Gasteiger partial charge < -0.3 is 25.7 Å². The molecule has 2 aromatic heterocycles. The molecular formula is C13H21N4O7P2S+. The Kier molecular flexibility index (Phi) is 7.12. The fourth-order valence-electron chi connectivity index (χ4n) is 2.17. The first-order valence-corrected chi connectivity index (χ1v) is 11.6. The van der Waals surface area contributed by atoms with Gasteiger partial charge in [0.1, 0.15) is 0 Å². The van der Waals surface area contributed by atoms with Gasteiger partial charge >= 0.3 is 15.6 Å². The number of nitrogens with two attached hydrogens (primary N) is 1. The Bertz CT molecular complexity index is 901. The van der Waals surface area contributed by atoms with E-state index in [9.17, 15) is 14.0 Å². The number of anilines is 2. The third kappa shape index (κ3) is 6.95. The van der Waals surface area contributed by atoms with E-state index in [0.717, 1.165) is 21.7 Å². The molecule has 150 valence electrons. The monoisotopic (exact) mass is 439 g/mol. The molecule has 0 amide bonds. The lowest BCUT2D eigenvalue weighted by molar-refractivity contribution is -0.393.